The minimum Gasteiger partial charge on any atom is -0.387 e. The van der Waals surface area contributed by atoms with E-state index in [2.05, 4.69) is 10.6 Å². The molecule has 2 unspecified atom stereocenters. The molecule has 0 radical (unpaired) electrons. The fourth-order valence-corrected chi connectivity index (χ4v) is 2.26. The number of benzene rings is 1. The Balaban J connectivity index is 2.56. The van der Waals surface area contributed by atoms with E-state index in [0.29, 0.717) is 15.6 Å². The van der Waals surface area contributed by atoms with Crippen molar-refractivity contribution >= 4 is 35.0 Å². The fraction of sp³-hybridized carbons (Fsp3) is 0.500. The van der Waals surface area contributed by atoms with Crippen molar-refractivity contribution in [2.24, 2.45) is 5.41 Å². The van der Waals surface area contributed by atoms with Gasteiger partial charge in [0, 0.05) is 22.0 Å². The molecule has 0 bridgehead atoms. The summed E-state index contributed by atoms with van der Waals surface area (Å²) in [7, 11) is 0. The second-order valence-corrected chi connectivity index (χ2v) is 7.28. The molecule has 0 aliphatic rings. The Morgan fingerprint density at radius 3 is 2.17 bits per heavy atom. The number of carbonyl (C=O) groups is 2. The summed E-state index contributed by atoms with van der Waals surface area (Å²) in [6.07, 6.45) is -0.944. The molecule has 0 saturated heterocycles. The molecule has 0 aliphatic heterocycles. The average molecular weight is 361 g/mol. The van der Waals surface area contributed by atoms with E-state index in [4.69, 9.17) is 23.2 Å². The summed E-state index contributed by atoms with van der Waals surface area (Å²) >= 11 is 11.8. The van der Waals surface area contributed by atoms with Gasteiger partial charge >= 0.3 is 0 Å². The smallest absolute Gasteiger partial charge is 0.242 e. The molecule has 128 valence electrons. The third-order valence-corrected chi connectivity index (χ3v) is 3.60. The minimum absolute atomic E-state index is 0.00870. The molecular formula is C16H22Cl2N2O3. The van der Waals surface area contributed by atoms with Gasteiger partial charge in [-0.2, -0.15) is 0 Å². The zero-order valence-corrected chi connectivity index (χ0v) is 15.1. The third kappa shape index (κ3) is 6.37. The molecule has 7 heteroatoms. The highest BCUT2D eigenvalue weighted by atomic mass is 35.5. The Morgan fingerprint density at radius 1 is 1.17 bits per heavy atom. The second kappa shape index (κ2) is 7.99. The lowest BCUT2D eigenvalue weighted by Crippen LogP contribution is -2.48. The summed E-state index contributed by atoms with van der Waals surface area (Å²) in [5.41, 5.74) is -0.0693. The second-order valence-electron chi connectivity index (χ2n) is 6.41. The van der Waals surface area contributed by atoms with Crippen LogP contribution >= 0.6 is 23.2 Å². The van der Waals surface area contributed by atoms with E-state index in [1.807, 2.05) is 0 Å². The van der Waals surface area contributed by atoms with E-state index in [9.17, 15) is 14.7 Å². The first-order chi connectivity index (χ1) is 10.5. The molecule has 2 atom stereocenters. The van der Waals surface area contributed by atoms with Crippen molar-refractivity contribution in [3.8, 4) is 0 Å². The highest BCUT2D eigenvalue weighted by Gasteiger charge is 2.25. The maximum atomic E-state index is 12.0. The summed E-state index contributed by atoms with van der Waals surface area (Å²) in [4.78, 5) is 23.8. The lowest BCUT2D eigenvalue weighted by atomic mass is 9.95. The molecular weight excluding hydrogens is 339 g/mol. The predicted octanol–water partition coefficient (Wildman–Crippen LogP) is 2.69. The van der Waals surface area contributed by atoms with Crippen molar-refractivity contribution in [1.82, 2.24) is 10.6 Å². The molecule has 0 aliphatic carbocycles. The van der Waals surface area contributed by atoms with Crippen molar-refractivity contribution in [2.45, 2.75) is 39.8 Å². The van der Waals surface area contributed by atoms with Crippen LogP contribution in [0, 0.1) is 5.41 Å². The topological polar surface area (TPSA) is 78.4 Å². The highest BCUT2D eigenvalue weighted by Crippen LogP contribution is 2.23. The SMILES string of the molecule is CC(NC(=O)C(C)(C)C)C(=O)NCC(O)c1cc(Cl)cc(Cl)c1. The quantitative estimate of drug-likeness (QED) is 0.755. The molecule has 1 rings (SSSR count). The maximum Gasteiger partial charge on any atom is 0.242 e. The van der Waals surface area contributed by atoms with Crippen LogP contribution in [0.25, 0.3) is 0 Å². The molecule has 1 aromatic rings. The van der Waals surface area contributed by atoms with Crippen molar-refractivity contribution in [3.05, 3.63) is 33.8 Å². The van der Waals surface area contributed by atoms with Crippen LogP contribution in [-0.2, 0) is 9.59 Å². The zero-order valence-electron chi connectivity index (χ0n) is 13.6. The van der Waals surface area contributed by atoms with Crippen molar-refractivity contribution in [3.63, 3.8) is 0 Å². The molecule has 0 fully saturated rings. The molecule has 3 N–H and O–H groups in total. The third-order valence-electron chi connectivity index (χ3n) is 3.16. The Labute approximate surface area is 146 Å². The number of hydrogen-bond donors (Lipinski definition) is 3. The van der Waals surface area contributed by atoms with E-state index in [1.165, 1.54) is 0 Å². The summed E-state index contributed by atoms with van der Waals surface area (Å²) < 4.78 is 0. The number of carbonyl (C=O) groups excluding carboxylic acids is 2. The van der Waals surface area contributed by atoms with Gasteiger partial charge in [-0.05, 0) is 30.7 Å². The number of aliphatic hydroxyl groups excluding tert-OH is 1. The van der Waals surface area contributed by atoms with E-state index >= 15 is 0 Å². The number of aliphatic hydroxyl groups is 1. The monoisotopic (exact) mass is 360 g/mol. The van der Waals surface area contributed by atoms with Crippen LogP contribution in [0.2, 0.25) is 10.0 Å². The predicted molar refractivity (Wildman–Crippen MR) is 91.5 cm³/mol. The normalized spacial score (nSPS) is 14.0. The lowest BCUT2D eigenvalue weighted by molar-refractivity contribution is -0.133. The number of amides is 2. The molecule has 0 aromatic heterocycles. The van der Waals surface area contributed by atoms with E-state index < -0.39 is 17.6 Å². The highest BCUT2D eigenvalue weighted by molar-refractivity contribution is 6.34. The molecule has 2 amide bonds. The van der Waals surface area contributed by atoms with Gasteiger partial charge in [0.15, 0.2) is 0 Å². The van der Waals surface area contributed by atoms with Crippen LogP contribution in [0.1, 0.15) is 39.4 Å². The first-order valence-corrected chi connectivity index (χ1v) is 7.99. The number of hydrogen-bond acceptors (Lipinski definition) is 3. The molecule has 0 spiro atoms. The Morgan fingerprint density at radius 2 is 1.70 bits per heavy atom. The Hall–Kier alpha value is -1.30. The molecule has 5 nitrogen and oxygen atoms in total. The average Bonchev–Trinajstić information content (AvgIpc) is 2.41. The number of halogens is 2. The first-order valence-electron chi connectivity index (χ1n) is 7.23. The van der Waals surface area contributed by atoms with Crippen molar-refractivity contribution in [1.29, 1.82) is 0 Å². The molecule has 23 heavy (non-hydrogen) atoms. The van der Waals surface area contributed by atoms with E-state index in [0.717, 1.165) is 0 Å². The largest absolute Gasteiger partial charge is 0.387 e. The Kier molecular flexibility index (Phi) is 6.86. The molecule has 0 saturated carbocycles. The first kappa shape index (κ1) is 19.7. The van der Waals surface area contributed by atoms with Crippen LogP contribution in [0.3, 0.4) is 0 Å². The van der Waals surface area contributed by atoms with Crippen LogP contribution in [0.4, 0.5) is 0 Å². The fourth-order valence-electron chi connectivity index (χ4n) is 1.71. The van der Waals surface area contributed by atoms with Gasteiger partial charge in [0.05, 0.1) is 6.10 Å². The summed E-state index contributed by atoms with van der Waals surface area (Å²) in [5.74, 6) is -0.600. The van der Waals surface area contributed by atoms with Gasteiger partial charge in [-0.15, -0.1) is 0 Å². The van der Waals surface area contributed by atoms with Gasteiger partial charge in [-0.3, -0.25) is 9.59 Å². The maximum absolute atomic E-state index is 12.0. The zero-order chi connectivity index (χ0) is 17.8. The summed E-state index contributed by atoms with van der Waals surface area (Å²) in [6.45, 7) is 6.87. The van der Waals surface area contributed by atoms with Crippen LogP contribution in [0.15, 0.2) is 18.2 Å². The summed E-state index contributed by atoms with van der Waals surface area (Å²) in [6, 6.07) is 4.02. The van der Waals surface area contributed by atoms with Crippen LogP contribution in [-0.4, -0.2) is 29.5 Å². The van der Waals surface area contributed by atoms with Gasteiger partial charge in [0.2, 0.25) is 11.8 Å². The van der Waals surface area contributed by atoms with Crippen LogP contribution < -0.4 is 10.6 Å². The van der Waals surface area contributed by atoms with Gasteiger partial charge < -0.3 is 15.7 Å². The van der Waals surface area contributed by atoms with Gasteiger partial charge in [-0.1, -0.05) is 44.0 Å². The van der Waals surface area contributed by atoms with Crippen molar-refractivity contribution < 1.29 is 14.7 Å². The van der Waals surface area contributed by atoms with Gasteiger partial charge in [0.1, 0.15) is 6.04 Å². The Bertz CT molecular complexity index is 565. The number of rotatable bonds is 5. The molecule has 0 heterocycles. The standard InChI is InChI=1S/C16H22Cl2N2O3/c1-9(20-15(23)16(2,3)4)14(22)19-8-13(21)10-5-11(17)7-12(18)6-10/h5-7,9,13,21H,8H2,1-4H3,(H,19,22)(H,20,23). The lowest BCUT2D eigenvalue weighted by Gasteiger charge is -2.22. The van der Waals surface area contributed by atoms with Crippen LogP contribution in [0.5, 0.6) is 0 Å². The molecule has 1 aromatic carbocycles. The summed E-state index contributed by atoms with van der Waals surface area (Å²) in [5, 5.41) is 16.1. The van der Waals surface area contributed by atoms with E-state index in [1.54, 1.807) is 45.9 Å². The minimum atomic E-state index is -0.944. The van der Waals surface area contributed by atoms with Gasteiger partial charge in [-0.25, -0.2) is 0 Å². The van der Waals surface area contributed by atoms with E-state index in [-0.39, 0.29) is 18.4 Å². The number of nitrogens with one attached hydrogen (secondary N) is 2. The van der Waals surface area contributed by atoms with Gasteiger partial charge in [0.25, 0.3) is 0 Å². The van der Waals surface area contributed by atoms with Crippen molar-refractivity contribution in [2.75, 3.05) is 6.54 Å².